The summed E-state index contributed by atoms with van der Waals surface area (Å²) in [6.07, 6.45) is 0.143. The predicted molar refractivity (Wildman–Crippen MR) is 39.2 cm³/mol. The van der Waals surface area contributed by atoms with Crippen LogP contribution >= 0.6 is 23.2 Å². The molecule has 58 valence electrons. The van der Waals surface area contributed by atoms with Gasteiger partial charge < -0.3 is 0 Å². The lowest BCUT2D eigenvalue weighted by atomic mass is 10.4. The number of nitrogens with one attached hydrogen (secondary N) is 1. The zero-order chi connectivity index (χ0) is 7.98. The van der Waals surface area contributed by atoms with E-state index in [4.69, 9.17) is 23.2 Å². The Morgan fingerprint density at radius 1 is 1.20 bits per heavy atom. The molecule has 0 aliphatic rings. The van der Waals surface area contributed by atoms with Crippen molar-refractivity contribution in [1.29, 1.82) is 0 Å². The van der Waals surface area contributed by atoms with Gasteiger partial charge in [-0.15, -0.1) is 23.2 Å². The van der Waals surface area contributed by atoms with Crippen LogP contribution in [0.25, 0.3) is 0 Å². The second-order valence-electron chi connectivity index (χ2n) is 1.54. The lowest BCUT2D eigenvalue weighted by Gasteiger charge is -1.97. The summed E-state index contributed by atoms with van der Waals surface area (Å²) in [6, 6.07) is 0. The Balaban J connectivity index is 3.47. The largest absolute Gasteiger partial charge is 0.295 e. The molecule has 0 unspecified atom stereocenters. The van der Waals surface area contributed by atoms with Gasteiger partial charge >= 0.3 is 0 Å². The van der Waals surface area contributed by atoms with Crippen LogP contribution < -0.4 is 5.32 Å². The van der Waals surface area contributed by atoms with Crippen molar-refractivity contribution >= 4 is 35.0 Å². The molecule has 0 saturated carbocycles. The molecule has 0 heterocycles. The van der Waals surface area contributed by atoms with Crippen LogP contribution in [0.15, 0.2) is 0 Å². The van der Waals surface area contributed by atoms with Gasteiger partial charge in [0, 0.05) is 12.3 Å². The highest BCUT2D eigenvalue weighted by molar-refractivity contribution is 6.28. The molecule has 10 heavy (non-hydrogen) atoms. The minimum atomic E-state index is -0.489. The van der Waals surface area contributed by atoms with Crippen LogP contribution in [0.3, 0.4) is 0 Å². The fraction of sp³-hybridized carbons (Fsp3) is 0.600. The van der Waals surface area contributed by atoms with Crippen LogP contribution in [0.2, 0.25) is 0 Å². The van der Waals surface area contributed by atoms with E-state index < -0.39 is 5.91 Å². The maximum absolute atomic E-state index is 10.5. The first kappa shape index (κ1) is 9.72. The van der Waals surface area contributed by atoms with E-state index in [-0.39, 0.29) is 24.1 Å². The van der Waals surface area contributed by atoms with Gasteiger partial charge in [-0.3, -0.25) is 14.9 Å². The van der Waals surface area contributed by atoms with E-state index in [9.17, 15) is 9.59 Å². The molecule has 0 aliphatic carbocycles. The molecule has 3 nitrogen and oxygen atoms in total. The molecule has 5 heteroatoms. The summed E-state index contributed by atoms with van der Waals surface area (Å²) in [7, 11) is 0. The highest BCUT2D eigenvalue weighted by atomic mass is 35.5. The molecule has 0 aromatic heterocycles. The van der Waals surface area contributed by atoms with Crippen molar-refractivity contribution in [3.05, 3.63) is 0 Å². The van der Waals surface area contributed by atoms with Gasteiger partial charge in [-0.1, -0.05) is 0 Å². The van der Waals surface area contributed by atoms with Crippen LogP contribution in [0.5, 0.6) is 0 Å². The standard InChI is InChI=1S/C5H7Cl2NO2/c6-2-1-4(9)8-5(10)3-7/h1-3H2,(H,8,9,10). The fourth-order valence-corrected chi connectivity index (χ4v) is 0.576. The second kappa shape index (κ2) is 5.50. The van der Waals surface area contributed by atoms with Crippen molar-refractivity contribution in [2.45, 2.75) is 6.42 Å². The lowest BCUT2D eigenvalue weighted by Crippen LogP contribution is -2.31. The lowest BCUT2D eigenvalue weighted by molar-refractivity contribution is -0.128. The summed E-state index contributed by atoms with van der Waals surface area (Å²) in [5, 5.41) is 2.04. The molecule has 0 aliphatic heterocycles. The summed E-state index contributed by atoms with van der Waals surface area (Å²) in [6.45, 7) is 0. The minimum absolute atomic E-state index is 0.143. The van der Waals surface area contributed by atoms with Gasteiger partial charge in [0.2, 0.25) is 11.8 Å². The number of hydrogen-bond donors (Lipinski definition) is 1. The maximum Gasteiger partial charge on any atom is 0.241 e. The van der Waals surface area contributed by atoms with Crippen molar-refractivity contribution in [1.82, 2.24) is 5.32 Å². The predicted octanol–water partition coefficient (Wildman–Crippen LogP) is 0.497. The van der Waals surface area contributed by atoms with Crippen LogP contribution in [-0.4, -0.2) is 23.6 Å². The van der Waals surface area contributed by atoms with Crippen molar-refractivity contribution in [3.8, 4) is 0 Å². The molecule has 0 fully saturated rings. The Hall–Kier alpha value is -0.280. The topological polar surface area (TPSA) is 46.2 Å². The summed E-state index contributed by atoms with van der Waals surface area (Å²) in [5.41, 5.74) is 0. The van der Waals surface area contributed by atoms with E-state index in [2.05, 4.69) is 0 Å². The van der Waals surface area contributed by atoms with Crippen molar-refractivity contribution in [2.75, 3.05) is 11.8 Å². The molecule has 0 aromatic carbocycles. The van der Waals surface area contributed by atoms with Crippen molar-refractivity contribution in [2.24, 2.45) is 0 Å². The molecule has 0 atom stereocenters. The van der Waals surface area contributed by atoms with Crippen LogP contribution in [0, 0.1) is 0 Å². The Morgan fingerprint density at radius 2 is 1.80 bits per heavy atom. The van der Waals surface area contributed by atoms with E-state index in [0.29, 0.717) is 0 Å². The number of halogens is 2. The SMILES string of the molecule is O=C(CCl)NC(=O)CCCl. The van der Waals surface area contributed by atoms with Crippen LogP contribution in [0.1, 0.15) is 6.42 Å². The number of amides is 2. The van der Waals surface area contributed by atoms with Gasteiger partial charge in [0.15, 0.2) is 0 Å². The molecule has 0 aromatic rings. The molecule has 2 amide bonds. The number of alkyl halides is 2. The second-order valence-corrected chi connectivity index (χ2v) is 2.19. The summed E-state index contributed by atoms with van der Waals surface area (Å²) >= 11 is 10.3. The highest BCUT2D eigenvalue weighted by Crippen LogP contribution is 1.84. The van der Waals surface area contributed by atoms with Crippen molar-refractivity contribution in [3.63, 3.8) is 0 Å². The summed E-state index contributed by atoms with van der Waals surface area (Å²) < 4.78 is 0. The smallest absolute Gasteiger partial charge is 0.241 e. The van der Waals surface area contributed by atoms with Gasteiger partial charge in [0.25, 0.3) is 0 Å². The van der Waals surface area contributed by atoms with Crippen molar-refractivity contribution < 1.29 is 9.59 Å². The number of rotatable bonds is 3. The maximum atomic E-state index is 10.5. The van der Waals surface area contributed by atoms with E-state index >= 15 is 0 Å². The van der Waals surface area contributed by atoms with Gasteiger partial charge in [-0.05, 0) is 0 Å². The fourth-order valence-electron chi connectivity index (χ4n) is 0.337. The van der Waals surface area contributed by atoms with Gasteiger partial charge in [0.1, 0.15) is 5.88 Å². The third-order valence-electron chi connectivity index (χ3n) is 0.722. The minimum Gasteiger partial charge on any atom is -0.295 e. The first-order valence-electron chi connectivity index (χ1n) is 2.65. The number of imide groups is 1. The monoisotopic (exact) mass is 183 g/mol. The van der Waals surface area contributed by atoms with Gasteiger partial charge in [-0.2, -0.15) is 0 Å². The zero-order valence-corrected chi connectivity index (χ0v) is 6.71. The Kier molecular flexibility index (Phi) is 5.35. The Morgan fingerprint density at radius 3 is 2.20 bits per heavy atom. The van der Waals surface area contributed by atoms with E-state index in [0.717, 1.165) is 0 Å². The van der Waals surface area contributed by atoms with Crippen LogP contribution in [-0.2, 0) is 9.59 Å². The van der Waals surface area contributed by atoms with E-state index in [1.54, 1.807) is 0 Å². The molecule has 0 spiro atoms. The molecular weight excluding hydrogens is 177 g/mol. The molecular formula is C5H7Cl2NO2. The average molecular weight is 184 g/mol. The third kappa shape index (κ3) is 4.58. The van der Waals surface area contributed by atoms with Crippen LogP contribution in [0.4, 0.5) is 0 Å². The number of carbonyl (C=O) groups is 2. The molecule has 0 rings (SSSR count). The molecule has 1 N–H and O–H groups in total. The molecule has 0 saturated heterocycles. The summed E-state index contributed by atoms with van der Waals surface area (Å²) in [5.74, 6) is -0.868. The van der Waals surface area contributed by atoms with E-state index in [1.165, 1.54) is 0 Å². The van der Waals surface area contributed by atoms with Gasteiger partial charge in [-0.25, -0.2) is 0 Å². The normalized spacial score (nSPS) is 9.00. The number of hydrogen-bond acceptors (Lipinski definition) is 2. The Bertz CT molecular complexity index is 138. The third-order valence-corrected chi connectivity index (χ3v) is 1.15. The molecule has 0 radical (unpaired) electrons. The summed E-state index contributed by atoms with van der Waals surface area (Å²) in [4.78, 5) is 20.9. The highest BCUT2D eigenvalue weighted by Gasteiger charge is 2.03. The Labute approximate surface area is 68.7 Å². The zero-order valence-electron chi connectivity index (χ0n) is 5.19. The van der Waals surface area contributed by atoms with Gasteiger partial charge in [0.05, 0.1) is 0 Å². The first-order chi connectivity index (χ1) is 4.70. The first-order valence-corrected chi connectivity index (χ1v) is 3.72. The number of carbonyl (C=O) groups excluding carboxylic acids is 2. The average Bonchev–Trinajstić information content (AvgIpc) is 1.88. The quantitative estimate of drug-likeness (QED) is 0.649. The van der Waals surface area contributed by atoms with E-state index in [1.807, 2.05) is 5.32 Å². The molecule has 0 bridgehead atoms.